The predicted molar refractivity (Wildman–Crippen MR) is 118 cm³/mol. The summed E-state index contributed by atoms with van der Waals surface area (Å²) in [4.78, 5) is 23.4. The number of guanidine groups is 1. The molecule has 1 saturated heterocycles. The molecule has 1 fully saturated rings. The van der Waals surface area contributed by atoms with Crippen molar-refractivity contribution >= 4 is 46.7 Å². The molecule has 0 radical (unpaired) electrons. The van der Waals surface area contributed by atoms with Crippen LogP contribution in [0.3, 0.4) is 0 Å². The number of fused-ring (bicyclic) bond motifs is 1. The van der Waals surface area contributed by atoms with E-state index in [9.17, 15) is 4.79 Å². The Morgan fingerprint density at radius 2 is 2.11 bits per heavy atom. The number of nitrogens with one attached hydrogen (secondary N) is 1. The van der Waals surface area contributed by atoms with E-state index in [0.29, 0.717) is 13.1 Å². The summed E-state index contributed by atoms with van der Waals surface area (Å²) in [5.41, 5.74) is 0.954. The molecule has 0 aliphatic carbocycles. The summed E-state index contributed by atoms with van der Waals surface area (Å²) < 4.78 is 4.93. The van der Waals surface area contributed by atoms with Gasteiger partial charge in [0.25, 0.3) is 0 Å². The SMILES string of the molecule is CCNC(=NCc1nccc2ccccc12)N1CC(C)C(C(=O)OC)C1.I. The van der Waals surface area contributed by atoms with Gasteiger partial charge in [0.1, 0.15) is 0 Å². The number of hydrogen-bond donors (Lipinski definition) is 1. The highest BCUT2D eigenvalue weighted by Gasteiger charge is 2.36. The largest absolute Gasteiger partial charge is 0.469 e. The van der Waals surface area contributed by atoms with Crippen molar-refractivity contribution in [1.82, 2.24) is 15.2 Å². The van der Waals surface area contributed by atoms with Crippen molar-refractivity contribution in [2.75, 3.05) is 26.7 Å². The van der Waals surface area contributed by atoms with Crippen LogP contribution in [0.25, 0.3) is 10.8 Å². The molecule has 1 aliphatic rings. The smallest absolute Gasteiger partial charge is 0.310 e. The molecule has 1 aromatic carbocycles. The normalized spacial score (nSPS) is 19.7. The highest BCUT2D eigenvalue weighted by Crippen LogP contribution is 2.24. The zero-order chi connectivity index (χ0) is 18.5. The lowest BCUT2D eigenvalue weighted by Crippen LogP contribution is -2.40. The van der Waals surface area contributed by atoms with Crippen LogP contribution in [-0.2, 0) is 16.1 Å². The number of nitrogens with zero attached hydrogens (tertiary/aromatic N) is 3. The number of pyridine rings is 1. The average Bonchev–Trinajstić information content (AvgIpc) is 3.06. The molecule has 2 aromatic rings. The molecule has 2 unspecified atom stereocenters. The quantitative estimate of drug-likeness (QED) is 0.314. The molecule has 6 nitrogen and oxygen atoms in total. The Hall–Kier alpha value is -1.90. The maximum absolute atomic E-state index is 12.0. The molecule has 2 heterocycles. The lowest BCUT2D eigenvalue weighted by Gasteiger charge is -2.21. The number of esters is 1. The molecular formula is C20H27IN4O2. The molecule has 0 spiro atoms. The van der Waals surface area contributed by atoms with Gasteiger partial charge in [-0.25, -0.2) is 4.99 Å². The van der Waals surface area contributed by atoms with Crippen molar-refractivity contribution in [3.05, 3.63) is 42.2 Å². The standard InChI is InChI=1S/C20H26N4O2.HI/c1-4-21-20(24-12-14(2)17(13-24)19(25)26-3)23-11-18-16-8-6-5-7-15(16)9-10-22-18;/h5-10,14,17H,4,11-13H2,1-3H3,(H,21,23);1H. The van der Waals surface area contributed by atoms with E-state index >= 15 is 0 Å². The molecular weight excluding hydrogens is 455 g/mol. The minimum absolute atomic E-state index is 0. The van der Waals surface area contributed by atoms with Gasteiger partial charge in [-0.3, -0.25) is 9.78 Å². The molecule has 0 amide bonds. The summed E-state index contributed by atoms with van der Waals surface area (Å²) in [6, 6.07) is 10.2. The third-order valence-electron chi connectivity index (χ3n) is 4.89. The van der Waals surface area contributed by atoms with Crippen LogP contribution in [0, 0.1) is 11.8 Å². The first-order valence-corrected chi connectivity index (χ1v) is 9.07. The van der Waals surface area contributed by atoms with E-state index in [4.69, 9.17) is 9.73 Å². The van der Waals surface area contributed by atoms with E-state index in [1.165, 1.54) is 12.5 Å². The van der Waals surface area contributed by atoms with Crippen molar-refractivity contribution in [3.8, 4) is 0 Å². The summed E-state index contributed by atoms with van der Waals surface area (Å²) >= 11 is 0. The van der Waals surface area contributed by atoms with Crippen molar-refractivity contribution in [2.45, 2.75) is 20.4 Å². The average molecular weight is 482 g/mol. The monoisotopic (exact) mass is 482 g/mol. The number of rotatable bonds is 4. The van der Waals surface area contributed by atoms with Crippen molar-refractivity contribution < 1.29 is 9.53 Å². The Kier molecular flexibility index (Phi) is 7.82. The molecule has 0 saturated carbocycles. The first-order chi connectivity index (χ1) is 12.6. The van der Waals surface area contributed by atoms with Gasteiger partial charge in [0.05, 0.1) is 25.3 Å². The number of methoxy groups -OCH3 is 1. The van der Waals surface area contributed by atoms with Crippen LogP contribution >= 0.6 is 24.0 Å². The van der Waals surface area contributed by atoms with E-state index in [-0.39, 0.29) is 41.8 Å². The van der Waals surface area contributed by atoms with E-state index in [0.717, 1.165) is 30.1 Å². The van der Waals surface area contributed by atoms with Crippen molar-refractivity contribution in [3.63, 3.8) is 0 Å². The van der Waals surface area contributed by atoms with Gasteiger partial charge in [-0.1, -0.05) is 31.2 Å². The van der Waals surface area contributed by atoms with Crippen LogP contribution in [0.2, 0.25) is 0 Å². The Bertz CT molecular complexity index is 806. The fraction of sp³-hybridized carbons (Fsp3) is 0.450. The first kappa shape index (κ1) is 21.4. The lowest BCUT2D eigenvalue weighted by molar-refractivity contribution is -0.145. The maximum atomic E-state index is 12.0. The van der Waals surface area contributed by atoms with Crippen molar-refractivity contribution in [1.29, 1.82) is 0 Å². The Balaban J connectivity index is 0.00000261. The van der Waals surface area contributed by atoms with E-state index < -0.39 is 0 Å². The van der Waals surface area contributed by atoms with Crippen LogP contribution in [-0.4, -0.2) is 48.6 Å². The van der Waals surface area contributed by atoms with Crippen LogP contribution < -0.4 is 5.32 Å². The fourth-order valence-corrected chi connectivity index (χ4v) is 3.48. The topological polar surface area (TPSA) is 66.8 Å². The van der Waals surface area contributed by atoms with Gasteiger partial charge >= 0.3 is 5.97 Å². The van der Waals surface area contributed by atoms with Gasteiger partial charge in [0, 0.05) is 31.2 Å². The van der Waals surface area contributed by atoms with E-state index in [1.807, 2.05) is 31.3 Å². The number of carbonyl (C=O) groups excluding carboxylic acids is 1. The fourth-order valence-electron chi connectivity index (χ4n) is 3.48. The molecule has 27 heavy (non-hydrogen) atoms. The lowest BCUT2D eigenvalue weighted by atomic mass is 9.99. The van der Waals surface area contributed by atoms with Crippen LogP contribution in [0.5, 0.6) is 0 Å². The van der Waals surface area contributed by atoms with Gasteiger partial charge < -0.3 is 15.0 Å². The highest BCUT2D eigenvalue weighted by molar-refractivity contribution is 14.0. The summed E-state index contributed by atoms with van der Waals surface area (Å²) in [7, 11) is 1.45. The van der Waals surface area contributed by atoms with Crippen LogP contribution in [0.4, 0.5) is 0 Å². The second-order valence-electron chi connectivity index (χ2n) is 6.66. The molecule has 2 atom stereocenters. The second-order valence-corrected chi connectivity index (χ2v) is 6.66. The number of benzene rings is 1. The Morgan fingerprint density at radius 1 is 1.33 bits per heavy atom. The number of ether oxygens (including phenoxy) is 1. The molecule has 7 heteroatoms. The Labute approximate surface area is 177 Å². The van der Waals surface area contributed by atoms with Gasteiger partial charge in [0.2, 0.25) is 0 Å². The summed E-state index contributed by atoms with van der Waals surface area (Å²) in [5.74, 6) is 0.800. The van der Waals surface area contributed by atoms with Gasteiger partial charge in [0.15, 0.2) is 5.96 Å². The zero-order valence-electron chi connectivity index (χ0n) is 16.0. The molecule has 1 aliphatic heterocycles. The second kappa shape index (κ2) is 9.87. The number of carbonyl (C=O) groups is 1. The zero-order valence-corrected chi connectivity index (χ0v) is 18.3. The van der Waals surface area contributed by atoms with Crippen molar-refractivity contribution in [2.24, 2.45) is 16.8 Å². The van der Waals surface area contributed by atoms with Gasteiger partial charge in [-0.15, -0.1) is 24.0 Å². The Morgan fingerprint density at radius 3 is 2.85 bits per heavy atom. The third-order valence-corrected chi connectivity index (χ3v) is 4.89. The minimum atomic E-state index is -0.147. The number of aliphatic imine (C=N–C) groups is 1. The number of hydrogen-bond acceptors (Lipinski definition) is 4. The summed E-state index contributed by atoms with van der Waals surface area (Å²) in [5, 5.41) is 5.62. The highest BCUT2D eigenvalue weighted by atomic mass is 127. The summed E-state index contributed by atoms with van der Waals surface area (Å²) in [6.07, 6.45) is 1.82. The number of aromatic nitrogens is 1. The van der Waals surface area contributed by atoms with Gasteiger partial charge in [-0.05, 0) is 24.3 Å². The third kappa shape index (κ3) is 4.88. The molecule has 1 aromatic heterocycles. The first-order valence-electron chi connectivity index (χ1n) is 9.07. The molecule has 3 rings (SSSR count). The minimum Gasteiger partial charge on any atom is -0.469 e. The van der Waals surface area contributed by atoms with Crippen LogP contribution in [0.15, 0.2) is 41.5 Å². The van der Waals surface area contributed by atoms with Gasteiger partial charge in [-0.2, -0.15) is 0 Å². The predicted octanol–water partition coefficient (Wildman–Crippen LogP) is 3.06. The molecule has 146 valence electrons. The molecule has 0 bridgehead atoms. The number of likely N-dealkylation sites (tertiary alicyclic amines) is 1. The molecule has 1 N–H and O–H groups in total. The summed E-state index contributed by atoms with van der Waals surface area (Å²) in [6.45, 7) is 6.81. The van der Waals surface area contributed by atoms with Crippen LogP contribution in [0.1, 0.15) is 19.5 Å². The number of halogens is 1. The van der Waals surface area contributed by atoms with E-state index in [1.54, 1.807) is 0 Å². The maximum Gasteiger partial charge on any atom is 0.310 e. The van der Waals surface area contributed by atoms with E-state index in [2.05, 4.69) is 34.3 Å².